The van der Waals surface area contributed by atoms with Gasteiger partial charge in [-0.05, 0) is 6.07 Å². The molecular formula is C11H9N3O. The monoisotopic (exact) mass is 199 g/mol. The molecule has 0 aliphatic heterocycles. The molecule has 0 bridgehead atoms. The minimum atomic E-state index is 0.675. The molecule has 15 heavy (non-hydrogen) atoms. The lowest BCUT2D eigenvalue weighted by atomic mass is 10.2. The van der Waals surface area contributed by atoms with E-state index in [4.69, 9.17) is 0 Å². The van der Waals surface area contributed by atoms with Gasteiger partial charge < -0.3 is 9.77 Å². The lowest BCUT2D eigenvalue weighted by molar-refractivity contribution is -0.575. The molecule has 4 heteroatoms. The van der Waals surface area contributed by atoms with Crippen LogP contribution in [0.3, 0.4) is 0 Å². The Morgan fingerprint density at radius 2 is 2.13 bits per heavy atom. The summed E-state index contributed by atoms with van der Waals surface area (Å²) in [5.74, 6) is 0. The Labute approximate surface area is 86.0 Å². The average molecular weight is 199 g/mol. The minimum Gasteiger partial charge on any atom is -0.618 e. The molecule has 2 aromatic heterocycles. The fraction of sp³-hybridized carbons (Fsp3) is 0.0909. The molecule has 0 radical (unpaired) electrons. The molecular weight excluding hydrogens is 190 g/mol. The maximum Gasteiger partial charge on any atom is 0.226 e. The first-order chi connectivity index (χ1) is 7.27. The quantitative estimate of drug-likeness (QED) is 0.405. The van der Waals surface area contributed by atoms with Crippen molar-refractivity contribution in [2.75, 3.05) is 0 Å². The average Bonchev–Trinajstić information content (AvgIpc) is 2.61. The molecule has 4 nitrogen and oxygen atoms in total. The molecule has 0 saturated heterocycles. The van der Waals surface area contributed by atoms with Crippen LogP contribution < -0.4 is 4.73 Å². The topological polar surface area (TPSA) is 44.8 Å². The van der Waals surface area contributed by atoms with Crippen molar-refractivity contribution >= 4 is 21.9 Å². The van der Waals surface area contributed by atoms with Gasteiger partial charge in [0.2, 0.25) is 11.7 Å². The summed E-state index contributed by atoms with van der Waals surface area (Å²) in [4.78, 5) is 4.17. The number of nitrogens with zero attached hydrogens (tertiary/aromatic N) is 3. The van der Waals surface area contributed by atoms with Crippen molar-refractivity contribution in [2.24, 2.45) is 7.05 Å². The Kier molecular flexibility index (Phi) is 1.48. The van der Waals surface area contributed by atoms with Gasteiger partial charge >= 0.3 is 0 Å². The fourth-order valence-electron chi connectivity index (χ4n) is 1.92. The lowest BCUT2D eigenvalue weighted by Crippen LogP contribution is -2.26. The molecule has 0 amide bonds. The fourth-order valence-corrected chi connectivity index (χ4v) is 1.92. The summed E-state index contributed by atoms with van der Waals surface area (Å²) in [6.45, 7) is 0. The summed E-state index contributed by atoms with van der Waals surface area (Å²) < 4.78 is 2.79. The van der Waals surface area contributed by atoms with Crippen LogP contribution in [0.1, 0.15) is 0 Å². The Morgan fingerprint density at radius 3 is 3.00 bits per heavy atom. The van der Waals surface area contributed by atoms with Gasteiger partial charge in [0.1, 0.15) is 0 Å². The second-order valence-corrected chi connectivity index (χ2v) is 3.56. The SMILES string of the molecule is Cn1cnc2c[n+]([O-])c3ccccc3c21. The first-order valence-electron chi connectivity index (χ1n) is 4.69. The molecule has 0 N–H and O–H groups in total. The number of benzene rings is 1. The number of aromatic nitrogens is 3. The predicted octanol–water partition coefficient (Wildman–Crippen LogP) is 1.36. The van der Waals surface area contributed by atoms with Crippen molar-refractivity contribution in [2.45, 2.75) is 0 Å². The molecule has 0 spiro atoms. The van der Waals surface area contributed by atoms with Gasteiger partial charge in [0.15, 0.2) is 5.52 Å². The summed E-state index contributed by atoms with van der Waals surface area (Å²) in [6.07, 6.45) is 3.23. The predicted molar refractivity (Wildman–Crippen MR) is 57.2 cm³/mol. The van der Waals surface area contributed by atoms with E-state index in [0.717, 1.165) is 21.2 Å². The molecule has 74 valence electrons. The van der Waals surface area contributed by atoms with Crippen molar-refractivity contribution in [3.05, 3.63) is 42.0 Å². The van der Waals surface area contributed by atoms with Gasteiger partial charge in [-0.3, -0.25) is 0 Å². The van der Waals surface area contributed by atoms with E-state index < -0.39 is 0 Å². The van der Waals surface area contributed by atoms with E-state index >= 15 is 0 Å². The first-order valence-corrected chi connectivity index (χ1v) is 4.69. The number of rotatable bonds is 0. The Bertz CT molecular complexity index is 657. The van der Waals surface area contributed by atoms with Gasteiger partial charge in [-0.1, -0.05) is 12.1 Å². The normalized spacial score (nSPS) is 11.3. The number of aryl methyl sites for hydroxylation is 1. The highest BCUT2D eigenvalue weighted by Crippen LogP contribution is 2.20. The molecule has 0 unspecified atom stereocenters. The third-order valence-corrected chi connectivity index (χ3v) is 2.60. The molecule has 0 fully saturated rings. The maximum absolute atomic E-state index is 11.7. The molecule has 0 aliphatic carbocycles. The summed E-state index contributed by atoms with van der Waals surface area (Å²) >= 11 is 0. The minimum absolute atomic E-state index is 0.675. The summed E-state index contributed by atoms with van der Waals surface area (Å²) in [5, 5.41) is 12.6. The van der Waals surface area contributed by atoms with Crippen LogP contribution in [-0.4, -0.2) is 9.55 Å². The summed E-state index contributed by atoms with van der Waals surface area (Å²) in [5.41, 5.74) is 2.40. The lowest BCUT2D eigenvalue weighted by Gasteiger charge is -2.03. The molecule has 1 aromatic carbocycles. The maximum atomic E-state index is 11.7. The van der Waals surface area contributed by atoms with E-state index in [1.54, 1.807) is 6.33 Å². The van der Waals surface area contributed by atoms with E-state index in [9.17, 15) is 5.21 Å². The van der Waals surface area contributed by atoms with Gasteiger partial charge in [-0.15, -0.1) is 0 Å². The van der Waals surface area contributed by atoms with E-state index in [-0.39, 0.29) is 0 Å². The Hall–Kier alpha value is -2.10. The van der Waals surface area contributed by atoms with Gasteiger partial charge in [0.25, 0.3) is 0 Å². The van der Waals surface area contributed by atoms with Crippen molar-refractivity contribution < 1.29 is 4.73 Å². The van der Waals surface area contributed by atoms with E-state index in [0.29, 0.717) is 5.52 Å². The third-order valence-electron chi connectivity index (χ3n) is 2.60. The number of hydrogen-bond donors (Lipinski definition) is 0. The number of pyridine rings is 1. The number of fused-ring (bicyclic) bond motifs is 3. The molecule has 3 rings (SSSR count). The van der Waals surface area contributed by atoms with Gasteiger partial charge in [0.05, 0.1) is 17.2 Å². The second kappa shape index (κ2) is 2.70. The smallest absolute Gasteiger partial charge is 0.226 e. The number of para-hydroxylation sites is 1. The standard InChI is InChI=1S/C11H9N3O/c1-13-7-12-9-6-14(15)10-5-3-2-4-8(10)11(9)13/h2-7H,1H3. The van der Waals surface area contributed by atoms with Crippen LogP contribution in [0.4, 0.5) is 0 Å². The molecule has 0 saturated carbocycles. The van der Waals surface area contributed by atoms with Crippen LogP contribution in [0.25, 0.3) is 21.9 Å². The molecule has 0 atom stereocenters. The van der Waals surface area contributed by atoms with Crippen molar-refractivity contribution in [3.63, 3.8) is 0 Å². The highest BCUT2D eigenvalue weighted by atomic mass is 16.5. The van der Waals surface area contributed by atoms with Gasteiger partial charge in [-0.25, -0.2) is 4.98 Å². The molecule has 3 aromatic rings. The largest absolute Gasteiger partial charge is 0.618 e. The molecule has 0 aliphatic rings. The zero-order valence-electron chi connectivity index (χ0n) is 8.21. The van der Waals surface area contributed by atoms with Gasteiger partial charge in [-0.2, -0.15) is 4.73 Å². The van der Waals surface area contributed by atoms with E-state index in [1.807, 2.05) is 35.9 Å². The number of hydrogen-bond acceptors (Lipinski definition) is 2. The van der Waals surface area contributed by atoms with Crippen molar-refractivity contribution in [1.82, 2.24) is 9.55 Å². The van der Waals surface area contributed by atoms with Crippen LogP contribution in [-0.2, 0) is 7.05 Å². The highest BCUT2D eigenvalue weighted by Gasteiger charge is 2.11. The van der Waals surface area contributed by atoms with Crippen LogP contribution in [0, 0.1) is 5.21 Å². The first kappa shape index (κ1) is 8.23. The Balaban J connectivity index is 2.67. The van der Waals surface area contributed by atoms with Crippen LogP contribution in [0.15, 0.2) is 36.8 Å². The van der Waals surface area contributed by atoms with Crippen LogP contribution in [0.5, 0.6) is 0 Å². The zero-order valence-corrected chi connectivity index (χ0v) is 8.21. The summed E-state index contributed by atoms with van der Waals surface area (Å²) in [6, 6.07) is 7.54. The summed E-state index contributed by atoms with van der Waals surface area (Å²) in [7, 11) is 1.93. The zero-order chi connectivity index (χ0) is 10.4. The van der Waals surface area contributed by atoms with Crippen molar-refractivity contribution in [1.29, 1.82) is 0 Å². The second-order valence-electron chi connectivity index (χ2n) is 3.56. The van der Waals surface area contributed by atoms with E-state index in [2.05, 4.69) is 4.98 Å². The highest BCUT2D eigenvalue weighted by molar-refractivity contribution is 6.00. The van der Waals surface area contributed by atoms with Gasteiger partial charge in [0, 0.05) is 13.1 Å². The van der Waals surface area contributed by atoms with Crippen LogP contribution in [0.2, 0.25) is 0 Å². The van der Waals surface area contributed by atoms with Crippen molar-refractivity contribution in [3.8, 4) is 0 Å². The van der Waals surface area contributed by atoms with E-state index in [1.165, 1.54) is 6.20 Å². The Morgan fingerprint density at radius 1 is 1.33 bits per heavy atom. The third kappa shape index (κ3) is 1.01. The molecule has 2 heterocycles. The number of imidazole rings is 1. The van der Waals surface area contributed by atoms with Crippen LogP contribution >= 0.6 is 0 Å².